The van der Waals surface area contributed by atoms with E-state index in [4.69, 9.17) is 4.74 Å². The van der Waals surface area contributed by atoms with E-state index in [-0.39, 0.29) is 12.6 Å². The molecule has 2 aliphatic rings. The molecule has 0 radical (unpaired) electrons. The number of anilines is 1. The lowest BCUT2D eigenvalue weighted by Crippen LogP contribution is -2.52. The molecule has 2 heterocycles. The van der Waals surface area contributed by atoms with Gasteiger partial charge in [0.2, 0.25) is 0 Å². The van der Waals surface area contributed by atoms with Crippen molar-refractivity contribution >= 4 is 17.7 Å². The first-order valence-corrected chi connectivity index (χ1v) is 12.5. The highest BCUT2D eigenvalue weighted by molar-refractivity contribution is 5.95. The third-order valence-electron chi connectivity index (χ3n) is 7.04. The monoisotopic (exact) mass is 476 g/mol. The molecule has 186 valence electrons. The summed E-state index contributed by atoms with van der Waals surface area (Å²) in [5.74, 6) is -0.395. The van der Waals surface area contributed by atoms with E-state index in [1.807, 2.05) is 24.3 Å². The van der Waals surface area contributed by atoms with Crippen LogP contribution in [-0.4, -0.2) is 56.2 Å². The van der Waals surface area contributed by atoms with Gasteiger partial charge in [-0.15, -0.1) is 0 Å². The van der Waals surface area contributed by atoms with Crippen LogP contribution in [0.4, 0.5) is 10.5 Å². The zero-order chi connectivity index (χ0) is 24.9. The second kappa shape index (κ2) is 11.0. The summed E-state index contributed by atoms with van der Waals surface area (Å²) < 4.78 is 5.42. The highest BCUT2D eigenvalue weighted by atomic mass is 16.5. The second-order valence-electron chi connectivity index (χ2n) is 9.22. The van der Waals surface area contributed by atoms with Gasteiger partial charge in [0.1, 0.15) is 0 Å². The molecule has 0 aliphatic carbocycles. The Hall–Kier alpha value is -3.32. The molecule has 0 aromatic heterocycles. The number of ether oxygens (including phenoxy) is 1. The van der Waals surface area contributed by atoms with Gasteiger partial charge in [0.15, 0.2) is 0 Å². The minimum absolute atomic E-state index is 0.277. The Kier molecular flexibility index (Phi) is 7.76. The number of piperazine rings is 1. The van der Waals surface area contributed by atoms with Crippen LogP contribution in [-0.2, 0) is 16.0 Å². The van der Waals surface area contributed by atoms with Gasteiger partial charge < -0.3 is 20.3 Å². The van der Waals surface area contributed by atoms with Crippen molar-refractivity contribution in [2.75, 3.05) is 44.2 Å². The SMILES string of the molecule is CCOC(=O)C1=C(CN2CCN(c3cccc(C)c3C)CC2)NC(=O)NC1c1ccc(CC)cc1. The van der Waals surface area contributed by atoms with Gasteiger partial charge in [-0.1, -0.05) is 43.3 Å². The van der Waals surface area contributed by atoms with E-state index in [9.17, 15) is 9.59 Å². The lowest BCUT2D eigenvalue weighted by molar-refractivity contribution is -0.139. The maximum atomic E-state index is 13.1. The summed E-state index contributed by atoms with van der Waals surface area (Å²) >= 11 is 0. The average Bonchev–Trinajstić information content (AvgIpc) is 2.86. The number of rotatable bonds is 7. The fourth-order valence-corrected chi connectivity index (χ4v) is 4.84. The first kappa shape index (κ1) is 24.8. The van der Waals surface area contributed by atoms with Crippen LogP contribution in [0, 0.1) is 13.8 Å². The quantitative estimate of drug-likeness (QED) is 0.594. The van der Waals surface area contributed by atoms with Crippen LogP contribution in [0.2, 0.25) is 0 Å². The third-order valence-corrected chi connectivity index (χ3v) is 7.04. The minimum Gasteiger partial charge on any atom is -0.463 e. The molecule has 2 amide bonds. The second-order valence-corrected chi connectivity index (χ2v) is 9.22. The predicted molar refractivity (Wildman–Crippen MR) is 138 cm³/mol. The number of benzene rings is 2. The molecule has 2 aliphatic heterocycles. The Balaban J connectivity index is 1.56. The van der Waals surface area contributed by atoms with E-state index >= 15 is 0 Å². The molecule has 0 bridgehead atoms. The van der Waals surface area contributed by atoms with Crippen molar-refractivity contribution in [3.05, 3.63) is 76.0 Å². The number of carbonyl (C=O) groups excluding carboxylic acids is 2. The molecule has 0 spiro atoms. The van der Waals surface area contributed by atoms with Crippen LogP contribution in [0.15, 0.2) is 53.7 Å². The van der Waals surface area contributed by atoms with Crippen molar-refractivity contribution in [1.82, 2.24) is 15.5 Å². The van der Waals surface area contributed by atoms with Crippen molar-refractivity contribution in [1.29, 1.82) is 0 Å². The first-order chi connectivity index (χ1) is 16.9. The molecule has 4 rings (SSSR count). The van der Waals surface area contributed by atoms with Gasteiger partial charge in [0.25, 0.3) is 0 Å². The fourth-order valence-electron chi connectivity index (χ4n) is 4.84. The zero-order valence-corrected chi connectivity index (χ0v) is 21.2. The molecule has 2 aromatic rings. The number of nitrogens with zero attached hydrogens (tertiary/aromatic N) is 2. The van der Waals surface area contributed by atoms with E-state index < -0.39 is 12.0 Å². The van der Waals surface area contributed by atoms with Gasteiger partial charge >= 0.3 is 12.0 Å². The van der Waals surface area contributed by atoms with Crippen LogP contribution in [0.5, 0.6) is 0 Å². The molecule has 1 fully saturated rings. The number of aryl methyl sites for hydroxylation is 2. The normalized spacial score (nSPS) is 18.8. The van der Waals surface area contributed by atoms with Crippen LogP contribution in [0.25, 0.3) is 0 Å². The van der Waals surface area contributed by atoms with Crippen molar-refractivity contribution in [3.8, 4) is 0 Å². The average molecular weight is 477 g/mol. The van der Waals surface area contributed by atoms with Crippen LogP contribution < -0.4 is 15.5 Å². The number of hydrogen-bond donors (Lipinski definition) is 2. The van der Waals surface area contributed by atoms with Crippen molar-refractivity contribution in [3.63, 3.8) is 0 Å². The summed E-state index contributed by atoms with van der Waals surface area (Å²) in [5, 5.41) is 5.84. The number of nitrogens with one attached hydrogen (secondary N) is 2. The van der Waals surface area contributed by atoms with Gasteiger partial charge in [0, 0.05) is 44.1 Å². The molecule has 7 heteroatoms. The van der Waals surface area contributed by atoms with Gasteiger partial charge in [-0.05, 0) is 55.5 Å². The molecule has 35 heavy (non-hydrogen) atoms. The van der Waals surface area contributed by atoms with Crippen LogP contribution >= 0.6 is 0 Å². The van der Waals surface area contributed by atoms with E-state index in [0.29, 0.717) is 17.8 Å². The molecule has 2 aromatic carbocycles. The summed E-state index contributed by atoms with van der Waals surface area (Å²) in [6.07, 6.45) is 0.929. The Bertz CT molecular complexity index is 1100. The summed E-state index contributed by atoms with van der Waals surface area (Å²) in [6.45, 7) is 12.4. The van der Waals surface area contributed by atoms with E-state index in [1.165, 1.54) is 22.4 Å². The van der Waals surface area contributed by atoms with Gasteiger partial charge in [0.05, 0.1) is 18.2 Å². The van der Waals surface area contributed by atoms with E-state index in [1.54, 1.807) is 6.92 Å². The lowest BCUT2D eigenvalue weighted by atomic mass is 9.94. The summed E-state index contributed by atoms with van der Waals surface area (Å²) in [4.78, 5) is 30.4. The summed E-state index contributed by atoms with van der Waals surface area (Å²) in [7, 11) is 0. The number of amides is 2. The summed E-state index contributed by atoms with van der Waals surface area (Å²) in [6, 6.07) is 13.6. The van der Waals surface area contributed by atoms with Gasteiger partial charge in [-0.3, -0.25) is 4.90 Å². The Labute approximate surface area is 208 Å². The van der Waals surface area contributed by atoms with Crippen LogP contribution in [0.1, 0.15) is 42.1 Å². The third kappa shape index (κ3) is 5.51. The molecular weight excluding hydrogens is 440 g/mol. The smallest absolute Gasteiger partial charge is 0.338 e. The molecule has 2 N–H and O–H groups in total. The Morgan fingerprint density at radius 2 is 1.74 bits per heavy atom. The largest absolute Gasteiger partial charge is 0.463 e. The summed E-state index contributed by atoms with van der Waals surface area (Å²) in [5.41, 5.74) is 7.07. The van der Waals surface area contributed by atoms with Crippen molar-refractivity contribution in [2.24, 2.45) is 0 Å². The maximum Gasteiger partial charge on any atom is 0.338 e. The molecule has 0 saturated carbocycles. The molecule has 1 unspecified atom stereocenters. The van der Waals surface area contributed by atoms with Crippen LogP contribution in [0.3, 0.4) is 0 Å². The number of esters is 1. The fraction of sp³-hybridized carbons (Fsp3) is 0.429. The Morgan fingerprint density at radius 1 is 1.03 bits per heavy atom. The highest BCUT2D eigenvalue weighted by Gasteiger charge is 2.34. The lowest BCUT2D eigenvalue weighted by Gasteiger charge is -2.38. The minimum atomic E-state index is -0.542. The molecule has 1 saturated heterocycles. The van der Waals surface area contributed by atoms with Crippen molar-refractivity contribution < 1.29 is 14.3 Å². The van der Waals surface area contributed by atoms with E-state index in [2.05, 4.69) is 59.4 Å². The Morgan fingerprint density at radius 3 is 2.40 bits per heavy atom. The molecule has 7 nitrogen and oxygen atoms in total. The van der Waals surface area contributed by atoms with E-state index in [0.717, 1.165) is 38.2 Å². The topological polar surface area (TPSA) is 73.9 Å². The highest BCUT2D eigenvalue weighted by Crippen LogP contribution is 2.29. The molecule has 1 atom stereocenters. The number of hydrogen-bond acceptors (Lipinski definition) is 5. The van der Waals surface area contributed by atoms with Gasteiger partial charge in [-0.25, -0.2) is 9.59 Å². The first-order valence-electron chi connectivity index (χ1n) is 12.5. The molecular formula is C28H36N4O3. The standard InChI is InChI=1S/C28H36N4O3/c1-5-21-10-12-22(13-11-21)26-25(27(33)35-6-2)23(29-28(34)30-26)18-31-14-16-32(17-15-31)24-9-7-8-19(3)20(24)4/h7-13,26H,5-6,14-18H2,1-4H3,(H2,29,30,34). The zero-order valence-electron chi connectivity index (χ0n) is 21.2. The number of urea groups is 1. The maximum absolute atomic E-state index is 13.1. The predicted octanol–water partition coefficient (Wildman–Crippen LogP) is 3.86. The number of carbonyl (C=O) groups is 2. The van der Waals surface area contributed by atoms with Crippen molar-refractivity contribution in [2.45, 2.75) is 40.2 Å². The van der Waals surface area contributed by atoms with Gasteiger partial charge in [-0.2, -0.15) is 0 Å².